The van der Waals surface area contributed by atoms with E-state index < -0.39 is 0 Å². The summed E-state index contributed by atoms with van der Waals surface area (Å²) in [5, 5.41) is 7.44. The molecule has 3 aromatic rings. The fraction of sp³-hybridized carbons (Fsp3) is 0.346. The predicted molar refractivity (Wildman–Crippen MR) is 130 cm³/mol. The standard InChI is InChI=1S/C26H30N4O5/c1-16-7-6-8-17(11-16)14-27-25(31)23-19-15-30(10-9-20(19)29(2)28-23)26(32)18-12-21(33-3)24(35-5)22(13-18)34-4/h6-8,11-13H,9-10,14-15H2,1-5H3,(H,27,31). The van der Waals surface area contributed by atoms with Gasteiger partial charge >= 0.3 is 0 Å². The van der Waals surface area contributed by atoms with Gasteiger partial charge in [0.2, 0.25) is 5.75 Å². The molecular formula is C26H30N4O5. The lowest BCUT2D eigenvalue weighted by atomic mass is 10.0. The van der Waals surface area contributed by atoms with Crippen LogP contribution in [0.1, 0.15) is 43.2 Å². The van der Waals surface area contributed by atoms with Crippen molar-refractivity contribution in [3.63, 3.8) is 0 Å². The number of benzene rings is 2. The third-order valence-corrected chi connectivity index (χ3v) is 6.19. The molecule has 2 aromatic carbocycles. The highest BCUT2D eigenvalue weighted by Gasteiger charge is 2.30. The minimum Gasteiger partial charge on any atom is -0.493 e. The van der Waals surface area contributed by atoms with Gasteiger partial charge < -0.3 is 24.4 Å². The number of nitrogens with zero attached hydrogens (tertiary/aromatic N) is 3. The number of carbonyl (C=O) groups excluding carboxylic acids is 2. The van der Waals surface area contributed by atoms with Crippen LogP contribution in [0.3, 0.4) is 0 Å². The molecule has 1 aliphatic heterocycles. The van der Waals surface area contributed by atoms with Crippen molar-refractivity contribution >= 4 is 11.8 Å². The van der Waals surface area contributed by atoms with Gasteiger partial charge in [-0.25, -0.2) is 0 Å². The first-order valence-corrected chi connectivity index (χ1v) is 11.3. The van der Waals surface area contributed by atoms with Gasteiger partial charge in [-0.1, -0.05) is 29.8 Å². The molecule has 1 aliphatic rings. The number of hydrogen-bond acceptors (Lipinski definition) is 6. The van der Waals surface area contributed by atoms with E-state index in [2.05, 4.69) is 10.4 Å². The smallest absolute Gasteiger partial charge is 0.272 e. The van der Waals surface area contributed by atoms with E-state index in [9.17, 15) is 9.59 Å². The fourth-order valence-electron chi connectivity index (χ4n) is 4.42. The van der Waals surface area contributed by atoms with E-state index in [0.717, 1.165) is 22.4 Å². The van der Waals surface area contributed by atoms with Gasteiger partial charge in [-0.05, 0) is 24.6 Å². The summed E-state index contributed by atoms with van der Waals surface area (Å²) in [6.07, 6.45) is 0.597. The molecule has 0 fully saturated rings. The van der Waals surface area contributed by atoms with E-state index in [4.69, 9.17) is 14.2 Å². The Labute approximate surface area is 204 Å². The highest BCUT2D eigenvalue weighted by molar-refractivity contribution is 5.97. The zero-order valence-electron chi connectivity index (χ0n) is 20.7. The van der Waals surface area contributed by atoms with Crippen LogP contribution in [-0.2, 0) is 26.6 Å². The highest BCUT2D eigenvalue weighted by atomic mass is 16.5. The van der Waals surface area contributed by atoms with E-state index >= 15 is 0 Å². The number of aromatic nitrogens is 2. The molecule has 9 nitrogen and oxygen atoms in total. The van der Waals surface area contributed by atoms with Crippen LogP contribution in [-0.4, -0.2) is 54.4 Å². The first-order chi connectivity index (χ1) is 16.9. The predicted octanol–water partition coefficient (Wildman–Crippen LogP) is 2.88. The summed E-state index contributed by atoms with van der Waals surface area (Å²) in [7, 11) is 6.36. The number of carbonyl (C=O) groups is 2. The van der Waals surface area contributed by atoms with Crippen molar-refractivity contribution in [2.24, 2.45) is 7.05 Å². The maximum Gasteiger partial charge on any atom is 0.272 e. The molecule has 0 spiro atoms. The number of methoxy groups -OCH3 is 3. The van der Waals surface area contributed by atoms with Gasteiger partial charge in [-0.3, -0.25) is 14.3 Å². The minimum atomic E-state index is -0.259. The van der Waals surface area contributed by atoms with E-state index in [-0.39, 0.29) is 18.4 Å². The quantitative estimate of drug-likeness (QED) is 0.561. The van der Waals surface area contributed by atoms with Crippen LogP contribution < -0.4 is 19.5 Å². The molecule has 0 saturated heterocycles. The molecule has 2 heterocycles. The lowest BCUT2D eigenvalue weighted by Gasteiger charge is -2.28. The Morgan fingerprint density at radius 1 is 1.06 bits per heavy atom. The van der Waals surface area contributed by atoms with Crippen molar-refractivity contribution in [3.8, 4) is 17.2 Å². The Balaban J connectivity index is 1.56. The van der Waals surface area contributed by atoms with Crippen molar-refractivity contribution < 1.29 is 23.8 Å². The van der Waals surface area contributed by atoms with Gasteiger partial charge in [0.15, 0.2) is 17.2 Å². The molecule has 0 bridgehead atoms. The van der Waals surface area contributed by atoms with Crippen LogP contribution >= 0.6 is 0 Å². The number of nitrogens with one attached hydrogen (secondary N) is 1. The summed E-state index contributed by atoms with van der Waals surface area (Å²) in [5.41, 5.74) is 4.63. The van der Waals surface area contributed by atoms with Crippen molar-refractivity contribution in [2.45, 2.75) is 26.4 Å². The monoisotopic (exact) mass is 478 g/mol. The van der Waals surface area contributed by atoms with Gasteiger partial charge in [0.05, 0.1) is 27.9 Å². The molecule has 0 aliphatic carbocycles. The van der Waals surface area contributed by atoms with Gasteiger partial charge in [0.25, 0.3) is 11.8 Å². The largest absolute Gasteiger partial charge is 0.493 e. The Morgan fingerprint density at radius 3 is 2.40 bits per heavy atom. The minimum absolute atomic E-state index is 0.190. The van der Waals surface area contributed by atoms with Crippen LogP contribution in [0.15, 0.2) is 36.4 Å². The molecule has 2 amide bonds. The summed E-state index contributed by atoms with van der Waals surface area (Å²) >= 11 is 0. The topological polar surface area (TPSA) is 94.9 Å². The third-order valence-electron chi connectivity index (χ3n) is 6.19. The molecule has 0 saturated carbocycles. The van der Waals surface area contributed by atoms with Crippen LogP contribution in [0, 0.1) is 6.92 Å². The van der Waals surface area contributed by atoms with E-state index in [1.54, 1.807) is 21.7 Å². The Kier molecular flexibility index (Phi) is 6.95. The number of amides is 2. The van der Waals surface area contributed by atoms with E-state index in [1.165, 1.54) is 21.3 Å². The SMILES string of the molecule is COc1cc(C(=O)N2CCc3c(c(C(=O)NCc4cccc(C)c4)nn3C)C2)cc(OC)c1OC. The average Bonchev–Trinajstić information content (AvgIpc) is 3.21. The average molecular weight is 479 g/mol. The summed E-state index contributed by atoms with van der Waals surface area (Å²) in [5.74, 6) is 0.790. The maximum absolute atomic E-state index is 13.4. The van der Waals surface area contributed by atoms with Crippen LogP contribution in [0.2, 0.25) is 0 Å². The van der Waals surface area contributed by atoms with Crippen LogP contribution in [0.25, 0.3) is 0 Å². The number of aryl methyl sites for hydroxylation is 2. The number of hydrogen-bond donors (Lipinski definition) is 1. The first-order valence-electron chi connectivity index (χ1n) is 11.3. The number of ether oxygens (including phenoxy) is 3. The summed E-state index contributed by atoms with van der Waals surface area (Å²) in [6.45, 7) is 3.21. The summed E-state index contributed by atoms with van der Waals surface area (Å²) < 4.78 is 17.9. The number of rotatable bonds is 7. The van der Waals surface area contributed by atoms with E-state index in [0.29, 0.717) is 48.0 Å². The normalized spacial score (nSPS) is 12.7. The number of fused-ring (bicyclic) bond motifs is 1. The highest BCUT2D eigenvalue weighted by Crippen LogP contribution is 2.38. The molecule has 184 valence electrons. The van der Waals surface area contributed by atoms with Crippen LogP contribution in [0.5, 0.6) is 17.2 Å². The summed E-state index contributed by atoms with van der Waals surface area (Å²) in [4.78, 5) is 28.2. The maximum atomic E-state index is 13.4. The molecule has 4 rings (SSSR count). The second-order valence-electron chi connectivity index (χ2n) is 8.46. The molecule has 9 heteroatoms. The summed E-state index contributed by atoms with van der Waals surface area (Å²) in [6, 6.07) is 11.3. The van der Waals surface area contributed by atoms with Gasteiger partial charge in [-0.15, -0.1) is 0 Å². The van der Waals surface area contributed by atoms with Gasteiger partial charge in [-0.2, -0.15) is 5.10 Å². The Hall–Kier alpha value is -4.01. The van der Waals surface area contributed by atoms with E-state index in [1.807, 2.05) is 38.2 Å². The lowest BCUT2D eigenvalue weighted by Crippen LogP contribution is -2.37. The van der Waals surface area contributed by atoms with Crippen LogP contribution in [0.4, 0.5) is 0 Å². The first kappa shape index (κ1) is 24.1. The van der Waals surface area contributed by atoms with Crippen molar-refractivity contribution in [1.82, 2.24) is 20.0 Å². The molecule has 0 atom stereocenters. The molecule has 1 N–H and O–H groups in total. The molecule has 1 aromatic heterocycles. The fourth-order valence-corrected chi connectivity index (χ4v) is 4.42. The molecular weight excluding hydrogens is 448 g/mol. The van der Waals surface area contributed by atoms with Crippen molar-refractivity contribution in [3.05, 3.63) is 70.0 Å². The second-order valence-corrected chi connectivity index (χ2v) is 8.46. The lowest BCUT2D eigenvalue weighted by molar-refractivity contribution is 0.0729. The second kappa shape index (κ2) is 10.1. The van der Waals surface area contributed by atoms with Gasteiger partial charge in [0, 0.05) is 43.4 Å². The molecule has 0 radical (unpaired) electrons. The zero-order chi connectivity index (χ0) is 25.1. The molecule has 0 unspecified atom stereocenters. The van der Waals surface area contributed by atoms with Crippen molar-refractivity contribution in [2.75, 3.05) is 27.9 Å². The van der Waals surface area contributed by atoms with Gasteiger partial charge in [0.1, 0.15) is 0 Å². The third kappa shape index (κ3) is 4.80. The zero-order valence-corrected chi connectivity index (χ0v) is 20.7. The molecule has 35 heavy (non-hydrogen) atoms. The Bertz CT molecular complexity index is 1240. The van der Waals surface area contributed by atoms with Crippen molar-refractivity contribution in [1.29, 1.82) is 0 Å². The Morgan fingerprint density at radius 2 is 1.77 bits per heavy atom.